The Kier molecular flexibility index (Phi) is 7.92. The number of carbonyl (C=O) groups is 1. The number of hydrogen-bond donors (Lipinski definition) is 3. The Morgan fingerprint density at radius 2 is 1.68 bits per heavy atom. The van der Waals surface area contributed by atoms with Crippen molar-refractivity contribution in [2.75, 3.05) is 60.0 Å². The first-order chi connectivity index (χ1) is 19.5. The summed E-state index contributed by atoms with van der Waals surface area (Å²) in [6.07, 6.45) is 10.5. The second-order valence-corrected chi connectivity index (χ2v) is 16.2. The number of hydrogen-bond acceptors (Lipinski definition) is 7. The van der Waals surface area contributed by atoms with E-state index in [1.54, 1.807) is 0 Å². The third kappa shape index (κ3) is 4.41. The lowest BCUT2D eigenvalue weighted by atomic mass is 9.42. The van der Waals surface area contributed by atoms with E-state index in [1.165, 1.54) is 44.9 Å². The van der Waals surface area contributed by atoms with E-state index in [4.69, 9.17) is 9.47 Å². The first-order valence-corrected chi connectivity index (χ1v) is 17.0. The summed E-state index contributed by atoms with van der Waals surface area (Å²) in [6, 6.07) is 0.952. The van der Waals surface area contributed by atoms with Crippen LogP contribution in [-0.2, 0) is 14.3 Å². The highest BCUT2D eigenvalue weighted by Gasteiger charge is 2.83. The normalized spacial score (nSPS) is 47.4. The molecule has 234 valence electrons. The lowest BCUT2D eigenvalue weighted by molar-refractivity contribution is -0.152. The summed E-state index contributed by atoms with van der Waals surface area (Å²) in [4.78, 5) is 15.6. The third-order valence-corrected chi connectivity index (χ3v) is 14.8. The van der Waals surface area contributed by atoms with Crippen molar-refractivity contribution in [3.05, 3.63) is 0 Å². The fourth-order valence-electron chi connectivity index (χ4n) is 12.6. The Labute approximate surface area is 250 Å². The summed E-state index contributed by atoms with van der Waals surface area (Å²) in [7, 11) is 4.26. The van der Waals surface area contributed by atoms with Gasteiger partial charge in [-0.1, -0.05) is 27.7 Å². The topological polar surface area (TPSA) is 74.9 Å². The van der Waals surface area contributed by atoms with Gasteiger partial charge < -0.3 is 25.4 Å². The molecule has 1 aliphatic heterocycles. The van der Waals surface area contributed by atoms with E-state index >= 15 is 0 Å². The zero-order chi connectivity index (χ0) is 29.3. The average Bonchev–Trinajstić information content (AvgIpc) is 3.55. The van der Waals surface area contributed by atoms with Crippen molar-refractivity contribution in [2.24, 2.45) is 44.8 Å². The Balaban J connectivity index is 1.17. The molecular formula is C34H60N4O3. The van der Waals surface area contributed by atoms with Crippen molar-refractivity contribution in [1.82, 2.24) is 20.9 Å². The minimum absolute atomic E-state index is 0.0139. The Morgan fingerprint density at radius 3 is 2.39 bits per heavy atom. The standard InChI is InChI=1S/C34H60N4O3/c1-23(35-6)29-24(41-28(39)21-37-14-15-38-16-18-40-19-17-38)20-32(5)26-9-8-25-30(2,3)27(36-7)10-11-33(25)22-34(26,33)13-12-31(29,32)4/h23-27,29,35-37H,8-22H2,1-7H3/t23-,24+,25-,26-,27-,29?,31+,32-,33+,34-/m0/s1. The Morgan fingerprint density at radius 1 is 0.976 bits per heavy atom. The zero-order valence-corrected chi connectivity index (χ0v) is 27.2. The molecule has 6 aliphatic rings. The van der Waals surface area contributed by atoms with Gasteiger partial charge >= 0.3 is 5.97 Å². The molecule has 1 heterocycles. The lowest BCUT2D eigenvalue weighted by Crippen LogP contribution is -2.59. The summed E-state index contributed by atoms with van der Waals surface area (Å²) in [5.74, 6) is 1.84. The molecule has 5 saturated carbocycles. The summed E-state index contributed by atoms with van der Waals surface area (Å²) < 4.78 is 11.9. The fourth-order valence-corrected chi connectivity index (χ4v) is 12.6. The van der Waals surface area contributed by atoms with Crippen LogP contribution in [-0.4, -0.2) is 89.1 Å². The van der Waals surface area contributed by atoms with Crippen LogP contribution in [0.3, 0.4) is 0 Å². The first-order valence-electron chi connectivity index (χ1n) is 17.0. The van der Waals surface area contributed by atoms with Crippen LogP contribution < -0.4 is 16.0 Å². The molecule has 3 N–H and O–H groups in total. The highest BCUT2D eigenvalue weighted by atomic mass is 16.5. The second kappa shape index (κ2) is 10.7. The van der Waals surface area contributed by atoms with Gasteiger partial charge in [0.15, 0.2) is 0 Å². The number of rotatable bonds is 9. The number of nitrogens with zero attached hydrogens (tertiary/aromatic N) is 1. The molecule has 7 nitrogen and oxygen atoms in total. The largest absolute Gasteiger partial charge is 0.461 e. The van der Waals surface area contributed by atoms with Gasteiger partial charge in [-0.3, -0.25) is 9.69 Å². The summed E-state index contributed by atoms with van der Waals surface area (Å²) in [5, 5.41) is 10.7. The smallest absolute Gasteiger partial charge is 0.320 e. The number of nitrogens with one attached hydrogen (secondary N) is 3. The molecule has 6 rings (SSSR count). The maximum Gasteiger partial charge on any atom is 0.320 e. The van der Waals surface area contributed by atoms with Crippen molar-refractivity contribution < 1.29 is 14.3 Å². The van der Waals surface area contributed by atoms with Crippen LogP contribution in [0.1, 0.15) is 86.0 Å². The fraction of sp³-hybridized carbons (Fsp3) is 0.971. The van der Waals surface area contributed by atoms with Gasteiger partial charge in [-0.15, -0.1) is 0 Å². The van der Waals surface area contributed by atoms with E-state index < -0.39 is 0 Å². The molecule has 6 fully saturated rings. The van der Waals surface area contributed by atoms with Crippen LogP contribution in [0.15, 0.2) is 0 Å². The Hall–Kier alpha value is -0.730. The van der Waals surface area contributed by atoms with Gasteiger partial charge in [-0.2, -0.15) is 0 Å². The van der Waals surface area contributed by atoms with Gasteiger partial charge in [0.1, 0.15) is 6.10 Å². The summed E-state index contributed by atoms with van der Waals surface area (Å²) >= 11 is 0. The third-order valence-electron chi connectivity index (χ3n) is 14.8. The maximum atomic E-state index is 13.2. The molecule has 1 saturated heterocycles. The van der Waals surface area contributed by atoms with Crippen molar-refractivity contribution >= 4 is 5.97 Å². The molecule has 0 amide bonds. The molecule has 0 aromatic rings. The molecule has 2 spiro atoms. The second-order valence-electron chi connectivity index (χ2n) is 16.2. The van der Waals surface area contributed by atoms with Gasteiger partial charge in [0.05, 0.1) is 19.8 Å². The quantitative estimate of drug-likeness (QED) is 0.284. The van der Waals surface area contributed by atoms with Crippen molar-refractivity contribution in [3.63, 3.8) is 0 Å². The maximum absolute atomic E-state index is 13.2. The molecule has 0 bridgehead atoms. The van der Waals surface area contributed by atoms with E-state index in [0.717, 1.165) is 57.6 Å². The molecule has 0 radical (unpaired) electrons. The molecule has 0 aromatic heterocycles. The predicted octanol–water partition coefficient (Wildman–Crippen LogP) is 4.06. The highest BCUT2D eigenvalue weighted by Crippen LogP contribution is 2.89. The van der Waals surface area contributed by atoms with Gasteiger partial charge in [0.25, 0.3) is 0 Å². The highest BCUT2D eigenvalue weighted by molar-refractivity contribution is 5.72. The number of ether oxygens (including phenoxy) is 2. The van der Waals surface area contributed by atoms with Gasteiger partial charge in [-0.05, 0) is 111 Å². The summed E-state index contributed by atoms with van der Waals surface area (Å²) in [5.41, 5.74) is 1.78. The van der Waals surface area contributed by atoms with Crippen LogP contribution in [0.25, 0.3) is 0 Å². The van der Waals surface area contributed by atoms with E-state index in [9.17, 15) is 4.79 Å². The molecule has 41 heavy (non-hydrogen) atoms. The van der Waals surface area contributed by atoms with Crippen molar-refractivity contribution in [3.8, 4) is 0 Å². The van der Waals surface area contributed by atoms with E-state index in [0.29, 0.717) is 40.8 Å². The molecule has 5 aliphatic carbocycles. The molecule has 7 heteroatoms. The van der Waals surface area contributed by atoms with Crippen LogP contribution in [0, 0.1) is 44.8 Å². The SMILES string of the molecule is CN[C@@H](C)C1[C@H](OC(=O)CNCCN2CCOCC2)C[C@@]2(C)[C@@H]3CC[C@H]4C(C)(C)[C@@H](NC)CC[C@@]45C[C@@]35CC[C@]12C. The Bertz CT molecular complexity index is 985. The number of morpholine rings is 1. The molecule has 10 atom stereocenters. The summed E-state index contributed by atoms with van der Waals surface area (Å²) in [6.45, 7) is 18.3. The van der Waals surface area contributed by atoms with Gasteiger partial charge in [0, 0.05) is 44.2 Å². The average molecular weight is 573 g/mol. The monoisotopic (exact) mass is 572 g/mol. The van der Waals surface area contributed by atoms with E-state index in [2.05, 4.69) is 69.6 Å². The zero-order valence-electron chi connectivity index (χ0n) is 27.2. The number of carbonyl (C=O) groups excluding carboxylic acids is 1. The van der Waals surface area contributed by atoms with Gasteiger partial charge in [-0.25, -0.2) is 0 Å². The van der Waals surface area contributed by atoms with Crippen molar-refractivity contribution in [1.29, 1.82) is 0 Å². The minimum Gasteiger partial charge on any atom is -0.461 e. The molecular weight excluding hydrogens is 512 g/mol. The first kappa shape index (κ1) is 30.3. The number of esters is 1. The van der Waals surface area contributed by atoms with Crippen LogP contribution in [0.5, 0.6) is 0 Å². The van der Waals surface area contributed by atoms with E-state index in [1.807, 2.05) is 0 Å². The van der Waals surface area contributed by atoms with Crippen LogP contribution in [0.4, 0.5) is 0 Å². The predicted molar refractivity (Wildman–Crippen MR) is 164 cm³/mol. The lowest BCUT2D eigenvalue weighted by Gasteiger charge is -2.63. The van der Waals surface area contributed by atoms with Gasteiger partial charge in [0.2, 0.25) is 0 Å². The van der Waals surface area contributed by atoms with Crippen molar-refractivity contribution in [2.45, 2.75) is 104 Å². The van der Waals surface area contributed by atoms with Crippen LogP contribution in [0.2, 0.25) is 0 Å². The van der Waals surface area contributed by atoms with E-state index in [-0.39, 0.29) is 22.9 Å². The number of fused-ring (bicyclic) bond motifs is 2. The van der Waals surface area contributed by atoms with Crippen LogP contribution >= 0.6 is 0 Å². The minimum atomic E-state index is -0.0791. The molecule has 1 unspecified atom stereocenters. The molecule has 0 aromatic carbocycles.